The van der Waals surface area contributed by atoms with E-state index in [-0.39, 0.29) is 5.97 Å². The topological polar surface area (TPSA) is 35.5 Å². The van der Waals surface area contributed by atoms with Crippen molar-refractivity contribution >= 4 is 5.97 Å². The summed E-state index contributed by atoms with van der Waals surface area (Å²) in [6, 6.07) is 0. The van der Waals surface area contributed by atoms with Crippen molar-refractivity contribution in [2.24, 2.45) is 11.8 Å². The average Bonchev–Trinajstić information content (AvgIpc) is 2.28. The molecule has 19 heavy (non-hydrogen) atoms. The fourth-order valence-corrected chi connectivity index (χ4v) is 1.48. The van der Waals surface area contributed by atoms with E-state index < -0.39 is 0 Å². The van der Waals surface area contributed by atoms with Gasteiger partial charge in [0.2, 0.25) is 0 Å². The van der Waals surface area contributed by atoms with Crippen LogP contribution in [0.2, 0.25) is 0 Å². The van der Waals surface area contributed by atoms with Gasteiger partial charge in [-0.25, -0.2) is 4.79 Å². The van der Waals surface area contributed by atoms with E-state index in [1.807, 2.05) is 13.0 Å². The minimum Gasteiger partial charge on any atom is -0.463 e. The predicted molar refractivity (Wildman–Crippen MR) is 79.0 cm³/mol. The summed E-state index contributed by atoms with van der Waals surface area (Å²) in [5, 5.41) is 0. The third-order valence-electron chi connectivity index (χ3n) is 2.40. The molecule has 0 aliphatic rings. The number of carbonyl (C=O) groups excluding carboxylic acids is 1. The molecule has 0 radical (unpaired) electrons. The van der Waals surface area contributed by atoms with Crippen molar-refractivity contribution in [2.75, 3.05) is 19.8 Å². The summed E-state index contributed by atoms with van der Waals surface area (Å²) >= 11 is 0. The fraction of sp³-hybridized carbons (Fsp3) is 0.688. The van der Waals surface area contributed by atoms with Gasteiger partial charge in [0.1, 0.15) is 0 Å². The lowest BCUT2D eigenvalue weighted by Crippen LogP contribution is -2.09. The highest BCUT2D eigenvalue weighted by molar-refractivity contribution is 5.83. The number of esters is 1. The molecule has 1 unspecified atom stereocenters. The van der Waals surface area contributed by atoms with Crippen molar-refractivity contribution in [3.63, 3.8) is 0 Å². The van der Waals surface area contributed by atoms with Crippen LogP contribution in [0.25, 0.3) is 0 Å². The first-order valence-electron chi connectivity index (χ1n) is 7.05. The first-order chi connectivity index (χ1) is 8.95. The molecule has 0 spiro atoms. The van der Waals surface area contributed by atoms with Gasteiger partial charge >= 0.3 is 5.97 Å². The average molecular weight is 268 g/mol. The smallest absolute Gasteiger partial charge is 0.330 e. The molecule has 0 saturated carbocycles. The third kappa shape index (κ3) is 11.7. The van der Waals surface area contributed by atoms with Crippen molar-refractivity contribution in [3.05, 3.63) is 23.8 Å². The molecule has 0 aromatic rings. The summed E-state index contributed by atoms with van der Waals surface area (Å²) in [4.78, 5) is 11.2. The maximum absolute atomic E-state index is 11.2. The van der Waals surface area contributed by atoms with Crippen LogP contribution in [-0.2, 0) is 14.3 Å². The minimum atomic E-state index is -0.280. The lowest BCUT2D eigenvalue weighted by atomic mass is 10.1. The van der Waals surface area contributed by atoms with E-state index in [4.69, 9.17) is 9.47 Å². The lowest BCUT2D eigenvalue weighted by Gasteiger charge is -2.11. The van der Waals surface area contributed by atoms with E-state index in [0.717, 1.165) is 25.2 Å². The summed E-state index contributed by atoms with van der Waals surface area (Å²) in [5.41, 5.74) is 0.911. The van der Waals surface area contributed by atoms with Crippen LogP contribution in [-0.4, -0.2) is 25.8 Å². The Balaban J connectivity index is 3.90. The van der Waals surface area contributed by atoms with Gasteiger partial charge in [-0.15, -0.1) is 0 Å². The van der Waals surface area contributed by atoms with Gasteiger partial charge in [-0.2, -0.15) is 0 Å². The van der Waals surface area contributed by atoms with E-state index in [1.54, 1.807) is 6.92 Å². The van der Waals surface area contributed by atoms with E-state index in [1.165, 1.54) is 6.08 Å². The van der Waals surface area contributed by atoms with Crippen LogP contribution in [0.1, 0.15) is 41.0 Å². The summed E-state index contributed by atoms with van der Waals surface area (Å²) in [5.74, 6) is 0.792. The summed E-state index contributed by atoms with van der Waals surface area (Å²) in [6.07, 6.45) is 6.50. The van der Waals surface area contributed by atoms with Gasteiger partial charge in [-0.1, -0.05) is 32.9 Å². The zero-order chi connectivity index (χ0) is 14.7. The van der Waals surface area contributed by atoms with Crippen LogP contribution in [0.5, 0.6) is 0 Å². The molecule has 110 valence electrons. The van der Waals surface area contributed by atoms with Gasteiger partial charge in [0.25, 0.3) is 0 Å². The van der Waals surface area contributed by atoms with Crippen LogP contribution < -0.4 is 0 Å². The zero-order valence-electron chi connectivity index (χ0n) is 12.9. The molecule has 0 heterocycles. The molecular weight excluding hydrogens is 240 g/mol. The standard InChI is InChI=1S/C16H28O3/c1-6-19-16(17)10-14(4)8-7-9-15(5)12-18-11-13(2)3/h7-8,10,13,15H,6,9,11-12H2,1-5H3. The second-order valence-corrected chi connectivity index (χ2v) is 5.31. The monoisotopic (exact) mass is 268 g/mol. The molecule has 1 atom stereocenters. The summed E-state index contributed by atoms with van der Waals surface area (Å²) in [6.45, 7) is 12.2. The van der Waals surface area contributed by atoms with Crippen LogP contribution in [0, 0.1) is 11.8 Å². The Bertz CT molecular complexity index is 303. The number of rotatable bonds is 9. The van der Waals surface area contributed by atoms with Crippen LogP contribution >= 0.6 is 0 Å². The van der Waals surface area contributed by atoms with E-state index in [2.05, 4.69) is 26.8 Å². The fourth-order valence-electron chi connectivity index (χ4n) is 1.48. The molecular formula is C16H28O3. The Morgan fingerprint density at radius 2 is 1.89 bits per heavy atom. The molecule has 0 aromatic carbocycles. The van der Waals surface area contributed by atoms with Gasteiger partial charge in [-0.3, -0.25) is 0 Å². The minimum absolute atomic E-state index is 0.280. The van der Waals surface area contributed by atoms with Gasteiger partial charge in [0.05, 0.1) is 6.61 Å². The summed E-state index contributed by atoms with van der Waals surface area (Å²) < 4.78 is 10.4. The van der Waals surface area contributed by atoms with Crippen LogP contribution in [0.4, 0.5) is 0 Å². The normalized spacial score (nSPS) is 14.1. The van der Waals surface area contributed by atoms with Gasteiger partial charge in [0, 0.05) is 19.3 Å². The maximum atomic E-state index is 11.2. The van der Waals surface area contributed by atoms with Crippen LogP contribution in [0.3, 0.4) is 0 Å². The first-order valence-corrected chi connectivity index (χ1v) is 7.05. The quantitative estimate of drug-likeness (QED) is 0.363. The Hall–Kier alpha value is -1.09. The Kier molecular flexibility index (Phi) is 10.2. The molecule has 0 fully saturated rings. The highest BCUT2D eigenvalue weighted by Gasteiger charge is 2.01. The second-order valence-electron chi connectivity index (χ2n) is 5.31. The van der Waals surface area contributed by atoms with E-state index >= 15 is 0 Å². The Morgan fingerprint density at radius 1 is 1.21 bits per heavy atom. The van der Waals surface area contributed by atoms with E-state index in [9.17, 15) is 4.79 Å². The van der Waals surface area contributed by atoms with Crippen molar-refractivity contribution in [1.82, 2.24) is 0 Å². The Morgan fingerprint density at radius 3 is 2.47 bits per heavy atom. The molecule has 0 amide bonds. The number of allylic oxidation sites excluding steroid dienone is 3. The van der Waals surface area contributed by atoms with Crippen molar-refractivity contribution < 1.29 is 14.3 Å². The number of hydrogen-bond donors (Lipinski definition) is 0. The molecule has 0 aliphatic carbocycles. The lowest BCUT2D eigenvalue weighted by molar-refractivity contribution is -0.137. The molecule has 0 rings (SSSR count). The highest BCUT2D eigenvalue weighted by atomic mass is 16.5. The maximum Gasteiger partial charge on any atom is 0.330 e. The van der Waals surface area contributed by atoms with Crippen molar-refractivity contribution in [2.45, 2.75) is 41.0 Å². The van der Waals surface area contributed by atoms with E-state index in [0.29, 0.717) is 18.4 Å². The molecule has 3 nitrogen and oxygen atoms in total. The molecule has 0 N–H and O–H groups in total. The number of carbonyl (C=O) groups is 1. The largest absolute Gasteiger partial charge is 0.463 e. The SMILES string of the molecule is CCOC(=O)C=C(C)C=CCC(C)COCC(C)C. The first kappa shape index (κ1) is 17.9. The molecule has 0 bridgehead atoms. The third-order valence-corrected chi connectivity index (χ3v) is 2.40. The highest BCUT2D eigenvalue weighted by Crippen LogP contribution is 2.06. The zero-order valence-corrected chi connectivity index (χ0v) is 12.9. The van der Waals surface area contributed by atoms with Crippen LogP contribution in [0.15, 0.2) is 23.8 Å². The molecule has 0 aliphatic heterocycles. The molecule has 0 saturated heterocycles. The van der Waals surface area contributed by atoms with Gasteiger partial charge in [0.15, 0.2) is 0 Å². The Labute approximate surface area is 117 Å². The van der Waals surface area contributed by atoms with Crippen molar-refractivity contribution in [1.29, 1.82) is 0 Å². The van der Waals surface area contributed by atoms with Crippen molar-refractivity contribution in [3.8, 4) is 0 Å². The van der Waals surface area contributed by atoms with Gasteiger partial charge in [-0.05, 0) is 37.7 Å². The molecule has 3 heteroatoms. The number of hydrogen-bond acceptors (Lipinski definition) is 3. The number of ether oxygens (including phenoxy) is 2. The van der Waals surface area contributed by atoms with Gasteiger partial charge < -0.3 is 9.47 Å². The summed E-state index contributed by atoms with van der Waals surface area (Å²) in [7, 11) is 0. The predicted octanol–water partition coefficient (Wildman–Crippen LogP) is 3.75. The molecule has 0 aromatic heterocycles. The second kappa shape index (κ2) is 10.8.